The topological polar surface area (TPSA) is 95.0 Å². The fraction of sp³-hybridized carbons (Fsp3) is 0.556. The number of nitrogens with zero attached hydrogens (tertiary/aromatic N) is 2. The van der Waals surface area contributed by atoms with Crippen molar-refractivity contribution in [3.05, 3.63) is 35.4 Å². The molecular weight excluding hydrogens is 356 g/mol. The second-order valence-corrected chi connectivity index (χ2v) is 9.24. The van der Waals surface area contributed by atoms with E-state index in [2.05, 4.69) is 4.90 Å². The summed E-state index contributed by atoms with van der Waals surface area (Å²) in [6, 6.07) is 6.53. The summed E-state index contributed by atoms with van der Waals surface area (Å²) in [5.74, 6) is -0.743. The Labute approximate surface area is 153 Å². The Kier molecular flexibility index (Phi) is 5.62. The summed E-state index contributed by atoms with van der Waals surface area (Å²) in [4.78, 5) is 27.7. The predicted octanol–water partition coefficient (Wildman–Crippen LogP) is 0.821. The zero-order valence-electron chi connectivity index (χ0n) is 14.6. The van der Waals surface area contributed by atoms with Crippen LogP contribution in [0.5, 0.6) is 0 Å². The van der Waals surface area contributed by atoms with Crippen LogP contribution in [-0.4, -0.2) is 79.4 Å². The van der Waals surface area contributed by atoms with Gasteiger partial charge in [0.25, 0.3) is 0 Å². The Bertz CT molecular complexity index is 761. The van der Waals surface area contributed by atoms with E-state index in [0.717, 1.165) is 18.4 Å². The van der Waals surface area contributed by atoms with Crippen molar-refractivity contribution in [3.8, 4) is 0 Å². The average Bonchev–Trinajstić information content (AvgIpc) is 2.62. The number of hydrogen-bond acceptors (Lipinski definition) is 5. The Balaban J connectivity index is 1.58. The lowest BCUT2D eigenvalue weighted by molar-refractivity contribution is -0.135. The molecular formula is C18H24N2O5S. The highest BCUT2D eigenvalue weighted by molar-refractivity contribution is 7.91. The maximum atomic E-state index is 12.8. The summed E-state index contributed by atoms with van der Waals surface area (Å²) in [6.45, 7) is 3.07. The zero-order chi connectivity index (χ0) is 18.7. The third-order valence-corrected chi connectivity index (χ3v) is 6.82. The molecule has 26 heavy (non-hydrogen) atoms. The Morgan fingerprint density at radius 3 is 2.35 bits per heavy atom. The average molecular weight is 380 g/mol. The lowest BCUT2D eigenvalue weighted by Gasteiger charge is -2.35. The van der Waals surface area contributed by atoms with Gasteiger partial charge in [0.1, 0.15) is 0 Å². The number of carboxylic acid groups (broad SMARTS) is 1. The molecule has 2 fully saturated rings. The molecule has 2 aliphatic heterocycles. The standard InChI is InChI=1S/C18H24N2O5S/c21-17-16(14-3-5-15(6-4-14)18(22)23)2-1-7-20(17)9-8-19-10-12-26(24,25)13-11-19/h3-6,16H,1-2,7-13H2,(H,22,23). The van der Waals surface area contributed by atoms with Gasteiger partial charge in [0, 0.05) is 32.7 Å². The van der Waals surface area contributed by atoms with Crippen molar-refractivity contribution in [2.45, 2.75) is 18.8 Å². The highest BCUT2D eigenvalue weighted by Crippen LogP contribution is 2.28. The molecule has 0 aliphatic carbocycles. The maximum Gasteiger partial charge on any atom is 0.335 e. The van der Waals surface area contributed by atoms with Gasteiger partial charge in [-0.15, -0.1) is 0 Å². The summed E-state index contributed by atoms with van der Waals surface area (Å²) in [7, 11) is -2.89. The van der Waals surface area contributed by atoms with Crippen molar-refractivity contribution in [3.63, 3.8) is 0 Å². The van der Waals surface area contributed by atoms with Gasteiger partial charge < -0.3 is 10.0 Å². The molecule has 0 spiro atoms. The number of hydrogen-bond donors (Lipinski definition) is 1. The van der Waals surface area contributed by atoms with Crippen LogP contribution in [0, 0.1) is 0 Å². The molecule has 1 aromatic carbocycles. The Hall–Kier alpha value is -1.93. The van der Waals surface area contributed by atoms with Crippen LogP contribution in [0.1, 0.15) is 34.7 Å². The number of carboxylic acids is 1. The molecule has 1 amide bonds. The third kappa shape index (κ3) is 4.42. The normalized spacial score (nSPS) is 23.8. The SMILES string of the molecule is O=C(O)c1ccc(C2CCCN(CCN3CCS(=O)(=O)CC3)C2=O)cc1. The van der Waals surface area contributed by atoms with Crippen molar-refractivity contribution in [2.75, 3.05) is 44.2 Å². The van der Waals surface area contributed by atoms with E-state index in [-0.39, 0.29) is 28.9 Å². The lowest BCUT2D eigenvalue weighted by atomic mass is 9.89. The molecule has 8 heteroatoms. The first kappa shape index (κ1) is 18.8. The molecule has 0 aromatic heterocycles. The van der Waals surface area contributed by atoms with Gasteiger partial charge in [0.2, 0.25) is 5.91 Å². The second kappa shape index (κ2) is 7.75. The number of piperidine rings is 1. The Morgan fingerprint density at radius 1 is 1.08 bits per heavy atom. The Morgan fingerprint density at radius 2 is 1.73 bits per heavy atom. The van der Waals surface area contributed by atoms with Crippen molar-refractivity contribution in [1.29, 1.82) is 0 Å². The van der Waals surface area contributed by atoms with Crippen LogP contribution in [-0.2, 0) is 14.6 Å². The molecule has 2 aliphatic rings. The summed E-state index contributed by atoms with van der Waals surface area (Å²) < 4.78 is 23.0. The molecule has 1 unspecified atom stereocenters. The van der Waals surface area contributed by atoms with Gasteiger partial charge in [0.15, 0.2) is 9.84 Å². The highest BCUT2D eigenvalue weighted by atomic mass is 32.2. The fourth-order valence-corrected chi connectivity index (χ4v) is 4.84. The molecule has 1 N–H and O–H groups in total. The molecule has 0 saturated carbocycles. The largest absolute Gasteiger partial charge is 0.478 e. The van der Waals surface area contributed by atoms with Gasteiger partial charge in [-0.1, -0.05) is 12.1 Å². The van der Waals surface area contributed by atoms with Gasteiger partial charge in [-0.05, 0) is 30.5 Å². The zero-order valence-corrected chi connectivity index (χ0v) is 15.5. The van der Waals surface area contributed by atoms with Crippen molar-refractivity contribution >= 4 is 21.7 Å². The van der Waals surface area contributed by atoms with E-state index in [9.17, 15) is 18.0 Å². The number of benzene rings is 1. The monoisotopic (exact) mass is 380 g/mol. The summed E-state index contributed by atoms with van der Waals surface area (Å²) in [5, 5.41) is 8.99. The summed E-state index contributed by atoms with van der Waals surface area (Å²) >= 11 is 0. The van der Waals surface area contributed by atoms with E-state index in [1.165, 1.54) is 12.1 Å². The number of aromatic carboxylic acids is 1. The maximum absolute atomic E-state index is 12.8. The molecule has 142 valence electrons. The second-order valence-electron chi connectivity index (χ2n) is 6.94. The predicted molar refractivity (Wildman–Crippen MR) is 97.1 cm³/mol. The van der Waals surface area contributed by atoms with E-state index >= 15 is 0 Å². The van der Waals surface area contributed by atoms with Gasteiger partial charge in [-0.2, -0.15) is 0 Å². The molecule has 7 nitrogen and oxygen atoms in total. The molecule has 1 atom stereocenters. The number of carbonyl (C=O) groups excluding carboxylic acids is 1. The first-order chi connectivity index (χ1) is 12.4. The van der Waals surface area contributed by atoms with Crippen LogP contribution in [0.25, 0.3) is 0 Å². The van der Waals surface area contributed by atoms with Gasteiger partial charge >= 0.3 is 5.97 Å². The van der Waals surface area contributed by atoms with Crippen LogP contribution >= 0.6 is 0 Å². The van der Waals surface area contributed by atoms with Crippen LogP contribution in [0.15, 0.2) is 24.3 Å². The van der Waals surface area contributed by atoms with E-state index in [4.69, 9.17) is 5.11 Å². The summed E-state index contributed by atoms with van der Waals surface area (Å²) in [6.07, 6.45) is 1.68. The number of sulfone groups is 1. The molecule has 3 rings (SSSR count). The molecule has 0 bridgehead atoms. The number of carbonyl (C=O) groups is 2. The summed E-state index contributed by atoms with van der Waals surface area (Å²) in [5.41, 5.74) is 1.07. The minimum absolute atomic E-state index is 0.0731. The lowest BCUT2D eigenvalue weighted by Crippen LogP contribution is -2.47. The van der Waals surface area contributed by atoms with Crippen molar-refractivity contribution in [1.82, 2.24) is 9.80 Å². The molecule has 2 heterocycles. The van der Waals surface area contributed by atoms with Gasteiger partial charge in [-0.3, -0.25) is 9.69 Å². The van der Waals surface area contributed by atoms with Crippen molar-refractivity contribution < 1.29 is 23.1 Å². The van der Waals surface area contributed by atoms with Crippen molar-refractivity contribution in [2.24, 2.45) is 0 Å². The number of rotatable bonds is 5. The van der Waals surface area contributed by atoms with E-state index in [0.29, 0.717) is 32.7 Å². The quantitative estimate of drug-likeness (QED) is 0.813. The first-order valence-electron chi connectivity index (χ1n) is 8.90. The van der Waals surface area contributed by atoms with E-state index < -0.39 is 15.8 Å². The van der Waals surface area contributed by atoms with E-state index in [1.807, 2.05) is 4.90 Å². The minimum Gasteiger partial charge on any atom is -0.478 e. The number of amides is 1. The van der Waals surface area contributed by atoms with Crippen LogP contribution < -0.4 is 0 Å². The van der Waals surface area contributed by atoms with Crippen LogP contribution in [0.3, 0.4) is 0 Å². The highest BCUT2D eigenvalue weighted by Gasteiger charge is 2.30. The third-order valence-electron chi connectivity index (χ3n) is 5.21. The fourth-order valence-electron chi connectivity index (χ4n) is 3.57. The van der Waals surface area contributed by atoms with Crippen LogP contribution in [0.2, 0.25) is 0 Å². The minimum atomic E-state index is -2.89. The molecule has 0 radical (unpaired) electrons. The smallest absolute Gasteiger partial charge is 0.335 e. The molecule has 1 aromatic rings. The van der Waals surface area contributed by atoms with E-state index in [1.54, 1.807) is 12.1 Å². The first-order valence-corrected chi connectivity index (χ1v) is 10.7. The van der Waals surface area contributed by atoms with Gasteiger partial charge in [-0.25, -0.2) is 13.2 Å². The molecule has 2 saturated heterocycles. The van der Waals surface area contributed by atoms with Crippen LogP contribution in [0.4, 0.5) is 0 Å². The number of likely N-dealkylation sites (tertiary alicyclic amines) is 1. The van der Waals surface area contributed by atoms with Gasteiger partial charge in [0.05, 0.1) is 23.0 Å².